The molecule has 3 saturated heterocycles. The van der Waals surface area contributed by atoms with Crippen LogP contribution in [0, 0.1) is 17.8 Å². The summed E-state index contributed by atoms with van der Waals surface area (Å²) in [5.74, 6) is 3.56. The highest BCUT2D eigenvalue weighted by Gasteiger charge is 2.53. The van der Waals surface area contributed by atoms with Crippen molar-refractivity contribution in [1.82, 2.24) is 10.2 Å². The molecule has 1 saturated carbocycles. The number of aliphatic imine (C=N–C) groups is 1. The molecule has 0 aromatic heterocycles. The zero-order valence-corrected chi connectivity index (χ0v) is 13.9. The van der Waals surface area contributed by atoms with E-state index in [4.69, 9.17) is 4.74 Å². The predicted molar refractivity (Wildman–Crippen MR) is 85.9 cm³/mol. The predicted octanol–water partition coefficient (Wildman–Crippen LogP) is 1.70. The first-order chi connectivity index (χ1) is 8.85. The molecule has 4 rings (SSSR count). The van der Waals surface area contributed by atoms with Crippen LogP contribution in [0.2, 0.25) is 0 Å². The molecule has 0 aromatic carbocycles. The summed E-state index contributed by atoms with van der Waals surface area (Å²) < 4.78 is 6.02. The Balaban J connectivity index is 0.00000110. The fraction of sp³-hybridized carbons (Fsp3) is 0.929. The average Bonchev–Trinajstić information content (AvgIpc) is 2.82. The van der Waals surface area contributed by atoms with E-state index in [0.717, 1.165) is 43.3 Å². The molecular weight excluding hydrogens is 353 g/mol. The monoisotopic (exact) mass is 377 g/mol. The Morgan fingerprint density at radius 2 is 1.79 bits per heavy atom. The number of nitrogens with one attached hydrogen (secondary N) is 1. The highest BCUT2D eigenvalue weighted by molar-refractivity contribution is 14.0. The maximum absolute atomic E-state index is 6.02. The van der Waals surface area contributed by atoms with Gasteiger partial charge in [0.1, 0.15) is 0 Å². The molecule has 0 radical (unpaired) electrons. The van der Waals surface area contributed by atoms with Crippen LogP contribution in [-0.4, -0.2) is 49.7 Å². The van der Waals surface area contributed by atoms with Gasteiger partial charge in [-0.15, -0.1) is 24.0 Å². The number of hydrogen-bond donors (Lipinski definition) is 1. The third kappa shape index (κ3) is 2.48. The Kier molecular flexibility index (Phi) is 3.95. The van der Waals surface area contributed by atoms with Gasteiger partial charge in [0.05, 0.1) is 12.2 Å². The van der Waals surface area contributed by atoms with Gasteiger partial charge in [-0.3, -0.25) is 4.99 Å². The highest BCUT2D eigenvalue weighted by atomic mass is 127. The zero-order chi connectivity index (χ0) is 12.1. The minimum Gasteiger partial charge on any atom is -0.374 e. The second kappa shape index (κ2) is 5.39. The van der Waals surface area contributed by atoms with E-state index in [1.807, 2.05) is 7.05 Å². The lowest BCUT2D eigenvalue weighted by Crippen LogP contribution is -2.42. The number of hydrogen-bond acceptors (Lipinski definition) is 2. The maximum Gasteiger partial charge on any atom is 0.193 e. The van der Waals surface area contributed by atoms with Gasteiger partial charge in [-0.1, -0.05) is 0 Å². The third-order valence-electron chi connectivity index (χ3n) is 5.21. The van der Waals surface area contributed by atoms with E-state index in [1.165, 1.54) is 25.7 Å². The number of likely N-dealkylation sites (tertiary alicyclic amines) is 1. The second-order valence-electron chi connectivity index (χ2n) is 6.39. The van der Waals surface area contributed by atoms with Gasteiger partial charge in [-0.2, -0.15) is 0 Å². The van der Waals surface area contributed by atoms with E-state index < -0.39 is 0 Å². The topological polar surface area (TPSA) is 36.9 Å². The number of nitrogens with zero attached hydrogens (tertiary/aromatic N) is 2. The van der Waals surface area contributed by atoms with Gasteiger partial charge in [0.25, 0.3) is 0 Å². The standard InChI is InChI=1S/C14H23N3O.HI/c1-15-14(16-6-9-2-3-9)17-7-10-11(8-17)13-5-4-12(10)18-13;/h9-13H,2-8H2,1H3,(H,15,16);1H. The Morgan fingerprint density at radius 1 is 1.16 bits per heavy atom. The number of ether oxygens (including phenoxy) is 1. The largest absolute Gasteiger partial charge is 0.374 e. The van der Waals surface area contributed by atoms with E-state index in [-0.39, 0.29) is 24.0 Å². The van der Waals surface area contributed by atoms with Gasteiger partial charge in [-0.05, 0) is 31.6 Å². The molecule has 4 aliphatic rings. The van der Waals surface area contributed by atoms with Crippen LogP contribution in [0.5, 0.6) is 0 Å². The maximum atomic E-state index is 6.02. The van der Waals surface area contributed by atoms with Crippen molar-refractivity contribution in [3.05, 3.63) is 0 Å². The minimum atomic E-state index is 0. The molecule has 0 spiro atoms. The SMILES string of the molecule is CN=C(NCC1CC1)N1CC2C3CCC(O3)C2C1.I. The molecule has 3 heterocycles. The van der Waals surface area contributed by atoms with Gasteiger partial charge in [0.2, 0.25) is 0 Å². The smallest absolute Gasteiger partial charge is 0.193 e. The van der Waals surface area contributed by atoms with E-state index in [9.17, 15) is 0 Å². The van der Waals surface area contributed by atoms with E-state index in [1.54, 1.807) is 0 Å². The Bertz CT molecular complexity index is 354. The lowest BCUT2D eigenvalue weighted by Gasteiger charge is -2.23. The number of guanidine groups is 1. The molecule has 4 fully saturated rings. The lowest BCUT2D eigenvalue weighted by molar-refractivity contribution is 0.0767. The molecule has 1 N–H and O–H groups in total. The summed E-state index contributed by atoms with van der Waals surface area (Å²) in [7, 11) is 1.91. The Hall–Kier alpha value is -0.0400. The molecule has 4 unspecified atom stereocenters. The summed E-state index contributed by atoms with van der Waals surface area (Å²) in [4.78, 5) is 6.92. The third-order valence-corrected chi connectivity index (χ3v) is 5.21. The molecular formula is C14H24IN3O. The second-order valence-corrected chi connectivity index (χ2v) is 6.39. The van der Waals surface area contributed by atoms with E-state index in [0.29, 0.717) is 12.2 Å². The van der Waals surface area contributed by atoms with Gasteiger partial charge < -0.3 is 15.0 Å². The fourth-order valence-electron chi connectivity index (χ4n) is 4.02. The normalized spacial score (nSPS) is 40.3. The minimum absolute atomic E-state index is 0. The van der Waals surface area contributed by atoms with E-state index >= 15 is 0 Å². The molecule has 0 aromatic rings. The van der Waals surface area contributed by atoms with Crippen molar-refractivity contribution in [2.45, 2.75) is 37.9 Å². The van der Waals surface area contributed by atoms with Crippen molar-refractivity contribution < 1.29 is 4.74 Å². The van der Waals surface area contributed by atoms with Crippen molar-refractivity contribution in [2.24, 2.45) is 22.7 Å². The van der Waals surface area contributed by atoms with E-state index in [2.05, 4.69) is 15.2 Å². The molecule has 4 nitrogen and oxygen atoms in total. The Morgan fingerprint density at radius 3 is 2.32 bits per heavy atom. The van der Waals surface area contributed by atoms with Crippen LogP contribution in [0.25, 0.3) is 0 Å². The van der Waals surface area contributed by atoms with Gasteiger partial charge in [0.15, 0.2) is 5.96 Å². The molecule has 3 aliphatic heterocycles. The van der Waals surface area contributed by atoms with Crippen LogP contribution < -0.4 is 5.32 Å². The van der Waals surface area contributed by atoms with Crippen molar-refractivity contribution in [1.29, 1.82) is 0 Å². The van der Waals surface area contributed by atoms with Crippen LogP contribution in [0.4, 0.5) is 0 Å². The zero-order valence-electron chi connectivity index (χ0n) is 11.5. The number of halogens is 1. The Labute approximate surface area is 132 Å². The average molecular weight is 377 g/mol. The van der Waals surface area contributed by atoms with Gasteiger partial charge in [-0.25, -0.2) is 0 Å². The molecule has 1 aliphatic carbocycles. The fourth-order valence-corrected chi connectivity index (χ4v) is 4.02. The summed E-state index contributed by atoms with van der Waals surface area (Å²) in [5, 5.41) is 3.55. The number of fused-ring (bicyclic) bond motifs is 5. The first kappa shape index (κ1) is 13.9. The number of rotatable bonds is 2. The summed E-state index contributed by atoms with van der Waals surface area (Å²) in [6.45, 7) is 3.41. The molecule has 19 heavy (non-hydrogen) atoms. The molecule has 108 valence electrons. The van der Waals surface area contributed by atoms with Gasteiger partial charge >= 0.3 is 0 Å². The summed E-state index contributed by atoms with van der Waals surface area (Å²) in [6, 6.07) is 0. The summed E-state index contributed by atoms with van der Waals surface area (Å²) >= 11 is 0. The summed E-state index contributed by atoms with van der Waals surface area (Å²) in [5.41, 5.74) is 0. The highest BCUT2D eigenvalue weighted by Crippen LogP contribution is 2.47. The van der Waals surface area contributed by atoms with Crippen LogP contribution in [0.3, 0.4) is 0 Å². The first-order valence-electron chi connectivity index (χ1n) is 7.46. The van der Waals surface area contributed by atoms with Crippen LogP contribution in [0.15, 0.2) is 4.99 Å². The van der Waals surface area contributed by atoms with Crippen molar-refractivity contribution in [3.8, 4) is 0 Å². The quantitative estimate of drug-likeness (QED) is 0.452. The molecule has 5 heteroatoms. The first-order valence-corrected chi connectivity index (χ1v) is 7.46. The molecule has 0 amide bonds. The van der Waals surface area contributed by atoms with Crippen molar-refractivity contribution in [2.75, 3.05) is 26.7 Å². The van der Waals surface area contributed by atoms with Crippen molar-refractivity contribution in [3.63, 3.8) is 0 Å². The lowest BCUT2D eigenvalue weighted by atomic mass is 9.82. The van der Waals surface area contributed by atoms with Crippen LogP contribution in [-0.2, 0) is 4.74 Å². The van der Waals surface area contributed by atoms with Crippen molar-refractivity contribution >= 4 is 29.9 Å². The van der Waals surface area contributed by atoms with Gasteiger partial charge in [0, 0.05) is 38.5 Å². The molecule has 4 atom stereocenters. The summed E-state index contributed by atoms with van der Waals surface area (Å²) in [6.07, 6.45) is 6.46. The van der Waals surface area contributed by atoms with Crippen LogP contribution in [0.1, 0.15) is 25.7 Å². The van der Waals surface area contributed by atoms with Crippen LogP contribution >= 0.6 is 24.0 Å². The molecule has 2 bridgehead atoms.